The van der Waals surface area contributed by atoms with Crippen LogP contribution in [0.2, 0.25) is 0 Å². The summed E-state index contributed by atoms with van der Waals surface area (Å²) in [5.41, 5.74) is 6.10. The van der Waals surface area contributed by atoms with Gasteiger partial charge in [0.15, 0.2) is 11.5 Å². The zero-order chi connectivity index (χ0) is 17.0. The van der Waals surface area contributed by atoms with E-state index < -0.39 is 17.9 Å². The predicted molar refractivity (Wildman–Crippen MR) is 85.1 cm³/mol. The predicted octanol–water partition coefficient (Wildman–Crippen LogP) is 4.46. The Balaban J connectivity index is 0.00000288. The molecule has 0 saturated carbocycles. The van der Waals surface area contributed by atoms with E-state index >= 15 is 0 Å². The van der Waals surface area contributed by atoms with Crippen LogP contribution in [0.25, 0.3) is 11.1 Å². The molecule has 0 aliphatic rings. The standard InChI is InChI=1S/C16H15F4NO2.ClH/c1-10-3-2-4-12(15(10)17)11-5-6-13(22-8-7-21)14(9-11)23-16(18,19)20;/h2-6,9H,7-8,21H2,1H3;1H. The van der Waals surface area contributed by atoms with Crippen molar-refractivity contribution in [1.29, 1.82) is 0 Å². The zero-order valence-corrected chi connectivity index (χ0v) is 13.5. The van der Waals surface area contributed by atoms with Crippen LogP contribution in [0, 0.1) is 12.7 Å². The molecule has 0 spiro atoms. The van der Waals surface area contributed by atoms with E-state index in [2.05, 4.69) is 4.74 Å². The maximum atomic E-state index is 14.1. The van der Waals surface area contributed by atoms with E-state index in [1.54, 1.807) is 19.1 Å². The van der Waals surface area contributed by atoms with Gasteiger partial charge in [-0.1, -0.05) is 24.3 Å². The van der Waals surface area contributed by atoms with Crippen LogP contribution in [-0.4, -0.2) is 19.5 Å². The molecule has 24 heavy (non-hydrogen) atoms. The van der Waals surface area contributed by atoms with Gasteiger partial charge in [-0.25, -0.2) is 4.39 Å². The first-order valence-electron chi connectivity index (χ1n) is 6.80. The minimum absolute atomic E-state index is 0. The van der Waals surface area contributed by atoms with Crippen LogP contribution in [0.5, 0.6) is 11.5 Å². The third-order valence-electron chi connectivity index (χ3n) is 3.05. The number of nitrogens with two attached hydrogens (primary N) is 1. The van der Waals surface area contributed by atoms with E-state index in [0.717, 1.165) is 6.07 Å². The Hall–Kier alpha value is -1.99. The molecule has 2 rings (SSSR count). The number of rotatable bonds is 5. The largest absolute Gasteiger partial charge is 0.573 e. The summed E-state index contributed by atoms with van der Waals surface area (Å²) in [6, 6.07) is 8.54. The van der Waals surface area contributed by atoms with Gasteiger partial charge in [0.2, 0.25) is 0 Å². The van der Waals surface area contributed by atoms with Crippen molar-refractivity contribution in [3.8, 4) is 22.6 Å². The Morgan fingerprint density at radius 2 is 1.79 bits per heavy atom. The van der Waals surface area contributed by atoms with E-state index in [1.807, 2.05) is 0 Å². The Morgan fingerprint density at radius 1 is 1.08 bits per heavy atom. The fourth-order valence-corrected chi connectivity index (χ4v) is 2.04. The van der Waals surface area contributed by atoms with E-state index in [4.69, 9.17) is 10.5 Å². The second-order valence-corrected chi connectivity index (χ2v) is 4.78. The molecule has 0 aliphatic carbocycles. The summed E-state index contributed by atoms with van der Waals surface area (Å²) in [4.78, 5) is 0. The van der Waals surface area contributed by atoms with E-state index in [-0.39, 0.29) is 42.4 Å². The van der Waals surface area contributed by atoms with Crippen LogP contribution in [0.3, 0.4) is 0 Å². The van der Waals surface area contributed by atoms with Gasteiger partial charge < -0.3 is 15.2 Å². The molecule has 0 atom stereocenters. The summed E-state index contributed by atoms with van der Waals surface area (Å²) in [5, 5.41) is 0. The van der Waals surface area contributed by atoms with Crippen molar-refractivity contribution in [2.75, 3.05) is 13.2 Å². The topological polar surface area (TPSA) is 44.5 Å². The van der Waals surface area contributed by atoms with E-state index in [1.165, 1.54) is 18.2 Å². The number of benzene rings is 2. The summed E-state index contributed by atoms with van der Waals surface area (Å²) in [7, 11) is 0. The smallest absolute Gasteiger partial charge is 0.488 e. The maximum absolute atomic E-state index is 14.1. The normalized spacial score (nSPS) is 10.9. The van der Waals surface area contributed by atoms with Gasteiger partial charge in [0, 0.05) is 12.1 Å². The number of alkyl halides is 3. The van der Waals surface area contributed by atoms with Crippen molar-refractivity contribution in [2.24, 2.45) is 5.73 Å². The van der Waals surface area contributed by atoms with Crippen molar-refractivity contribution in [3.63, 3.8) is 0 Å². The summed E-state index contributed by atoms with van der Waals surface area (Å²) in [6.45, 7) is 1.75. The van der Waals surface area contributed by atoms with Crippen molar-refractivity contribution in [3.05, 3.63) is 47.8 Å². The van der Waals surface area contributed by atoms with Gasteiger partial charge in [-0.3, -0.25) is 0 Å². The molecule has 2 aromatic carbocycles. The molecule has 3 nitrogen and oxygen atoms in total. The molecule has 2 aromatic rings. The summed E-state index contributed by atoms with van der Waals surface area (Å²) >= 11 is 0. The molecule has 0 heterocycles. The SMILES string of the molecule is Cc1cccc(-c2ccc(OCCN)c(OC(F)(F)F)c2)c1F.Cl. The van der Waals surface area contributed by atoms with Crippen LogP contribution in [0.15, 0.2) is 36.4 Å². The average Bonchev–Trinajstić information content (AvgIpc) is 2.47. The molecular formula is C16H16ClF4NO2. The van der Waals surface area contributed by atoms with Crippen LogP contribution in [0.4, 0.5) is 17.6 Å². The molecule has 0 radical (unpaired) electrons. The highest BCUT2D eigenvalue weighted by Crippen LogP contribution is 2.37. The molecule has 0 unspecified atom stereocenters. The first-order valence-corrected chi connectivity index (χ1v) is 6.80. The molecule has 2 N–H and O–H groups in total. The van der Waals surface area contributed by atoms with Crippen molar-refractivity contribution < 1.29 is 27.0 Å². The van der Waals surface area contributed by atoms with Crippen molar-refractivity contribution in [1.82, 2.24) is 0 Å². The fourth-order valence-electron chi connectivity index (χ4n) is 2.04. The molecule has 0 bridgehead atoms. The monoisotopic (exact) mass is 365 g/mol. The Labute approximate surface area is 142 Å². The fraction of sp³-hybridized carbons (Fsp3) is 0.250. The Bertz CT molecular complexity index is 692. The van der Waals surface area contributed by atoms with Gasteiger partial charge in [-0.05, 0) is 30.2 Å². The highest BCUT2D eigenvalue weighted by molar-refractivity contribution is 5.85. The third kappa shape index (κ3) is 5.01. The minimum atomic E-state index is -4.88. The molecule has 0 aromatic heterocycles. The number of hydrogen-bond donors (Lipinski definition) is 1. The minimum Gasteiger partial charge on any atom is -0.488 e. The highest BCUT2D eigenvalue weighted by Gasteiger charge is 2.32. The molecule has 0 aliphatic heterocycles. The highest BCUT2D eigenvalue weighted by atomic mass is 35.5. The lowest BCUT2D eigenvalue weighted by Gasteiger charge is -2.15. The van der Waals surface area contributed by atoms with E-state index in [0.29, 0.717) is 5.56 Å². The second kappa shape index (κ2) is 8.21. The lowest BCUT2D eigenvalue weighted by Crippen LogP contribution is -2.18. The zero-order valence-electron chi connectivity index (χ0n) is 12.7. The van der Waals surface area contributed by atoms with Crippen LogP contribution in [-0.2, 0) is 0 Å². The van der Waals surface area contributed by atoms with Crippen molar-refractivity contribution >= 4 is 12.4 Å². The Morgan fingerprint density at radius 3 is 2.42 bits per heavy atom. The molecule has 0 saturated heterocycles. The third-order valence-corrected chi connectivity index (χ3v) is 3.05. The summed E-state index contributed by atoms with van der Waals surface area (Å²) < 4.78 is 60.9. The van der Waals surface area contributed by atoms with Gasteiger partial charge in [-0.15, -0.1) is 25.6 Å². The number of hydrogen-bond acceptors (Lipinski definition) is 3. The molecule has 0 fully saturated rings. The quantitative estimate of drug-likeness (QED) is 0.796. The summed E-state index contributed by atoms with van der Waals surface area (Å²) in [6.07, 6.45) is -4.88. The number of halogens is 5. The van der Waals surface area contributed by atoms with Gasteiger partial charge >= 0.3 is 6.36 Å². The number of aryl methyl sites for hydroxylation is 1. The second-order valence-electron chi connectivity index (χ2n) is 4.78. The molecule has 132 valence electrons. The van der Waals surface area contributed by atoms with Gasteiger partial charge in [0.25, 0.3) is 0 Å². The maximum Gasteiger partial charge on any atom is 0.573 e. The molecular weight excluding hydrogens is 350 g/mol. The summed E-state index contributed by atoms with van der Waals surface area (Å²) in [5.74, 6) is -1.14. The molecule has 8 heteroatoms. The van der Waals surface area contributed by atoms with Gasteiger partial charge in [0.1, 0.15) is 12.4 Å². The van der Waals surface area contributed by atoms with Crippen molar-refractivity contribution in [2.45, 2.75) is 13.3 Å². The molecule has 0 amide bonds. The number of ether oxygens (including phenoxy) is 2. The first-order chi connectivity index (χ1) is 10.8. The van der Waals surface area contributed by atoms with Gasteiger partial charge in [-0.2, -0.15) is 0 Å². The average molecular weight is 366 g/mol. The Kier molecular flexibility index (Phi) is 6.86. The van der Waals surface area contributed by atoms with Gasteiger partial charge in [0.05, 0.1) is 0 Å². The van der Waals surface area contributed by atoms with Crippen LogP contribution in [0.1, 0.15) is 5.56 Å². The first kappa shape index (κ1) is 20.1. The van der Waals surface area contributed by atoms with Crippen LogP contribution >= 0.6 is 12.4 Å². The lowest BCUT2D eigenvalue weighted by atomic mass is 10.0. The van der Waals surface area contributed by atoms with E-state index in [9.17, 15) is 17.6 Å². The lowest BCUT2D eigenvalue weighted by molar-refractivity contribution is -0.275. The van der Waals surface area contributed by atoms with Crippen LogP contribution < -0.4 is 15.2 Å².